The van der Waals surface area contributed by atoms with Crippen LogP contribution in [0.15, 0.2) is 5.10 Å². The van der Waals surface area contributed by atoms with E-state index in [-0.39, 0.29) is 102 Å². The van der Waals surface area contributed by atoms with Gasteiger partial charge in [0.15, 0.2) is 0 Å². The van der Waals surface area contributed by atoms with Crippen LogP contribution >= 0.6 is 0 Å². The van der Waals surface area contributed by atoms with E-state index < -0.39 is 17.8 Å². The van der Waals surface area contributed by atoms with Crippen molar-refractivity contribution in [2.45, 2.75) is 148 Å². The third-order valence-corrected chi connectivity index (χ3v) is 8.90. The molecular formula is C41H76N4O10. The molecular weight excluding hydrogens is 708 g/mol. The summed E-state index contributed by atoms with van der Waals surface area (Å²) in [5.74, 6) is 3.40. The largest absolute Gasteiger partial charge is 0.466 e. The molecule has 55 heavy (non-hydrogen) atoms. The minimum atomic E-state index is -0.412. The first-order valence-electron chi connectivity index (χ1n) is 19.3. The van der Waals surface area contributed by atoms with E-state index in [9.17, 15) is 28.8 Å². The minimum Gasteiger partial charge on any atom is -0.466 e. The molecule has 0 saturated heterocycles. The van der Waals surface area contributed by atoms with Crippen LogP contribution in [-0.2, 0) is 47.7 Å². The number of rotatable bonds is 21. The molecule has 0 rings (SSSR count). The summed E-state index contributed by atoms with van der Waals surface area (Å²) in [5.41, 5.74) is 4.22. The van der Waals surface area contributed by atoms with Crippen molar-refractivity contribution in [1.29, 1.82) is 0 Å². The summed E-state index contributed by atoms with van der Waals surface area (Å²) in [6.45, 7) is 32.8. The lowest BCUT2D eigenvalue weighted by Crippen LogP contribution is -2.32. The number of hydrazine groups is 1. The number of ether oxygens (including phenoxy) is 4. The first-order valence-corrected chi connectivity index (χ1v) is 19.3. The SMILES string of the molecule is C=NNC(=O)CCC(=O)OCC(CC(COC(C)=O)C(C)(C)C)CC(C)(C)C.CC(=O)OCC(CC(COC(=O)CCC(=O)NN)CC(C)(C)C)C(C)(C)C. The molecule has 0 spiro atoms. The molecule has 320 valence electrons. The Balaban J connectivity index is 0. The summed E-state index contributed by atoms with van der Waals surface area (Å²) in [5, 5.41) is 3.28. The molecule has 0 aromatic carbocycles. The number of nitrogens with one attached hydrogen (secondary N) is 2. The molecule has 0 aromatic rings. The van der Waals surface area contributed by atoms with Crippen LogP contribution in [0.3, 0.4) is 0 Å². The van der Waals surface area contributed by atoms with Crippen molar-refractivity contribution >= 4 is 42.4 Å². The van der Waals surface area contributed by atoms with E-state index >= 15 is 0 Å². The highest BCUT2D eigenvalue weighted by Gasteiger charge is 2.32. The maximum Gasteiger partial charge on any atom is 0.306 e. The molecule has 0 aromatic heterocycles. The first kappa shape index (κ1) is 53.6. The molecule has 2 amide bonds. The van der Waals surface area contributed by atoms with Crippen LogP contribution in [0.25, 0.3) is 0 Å². The van der Waals surface area contributed by atoms with E-state index in [1.807, 2.05) is 5.43 Å². The van der Waals surface area contributed by atoms with Crippen LogP contribution in [0, 0.1) is 45.3 Å². The van der Waals surface area contributed by atoms with Gasteiger partial charge in [-0.05, 0) is 71.0 Å². The van der Waals surface area contributed by atoms with Crippen molar-refractivity contribution in [3.8, 4) is 0 Å². The molecule has 4 atom stereocenters. The van der Waals surface area contributed by atoms with Gasteiger partial charge in [0.2, 0.25) is 11.8 Å². The van der Waals surface area contributed by atoms with E-state index in [0.29, 0.717) is 13.2 Å². The lowest BCUT2D eigenvalue weighted by molar-refractivity contribution is -0.148. The van der Waals surface area contributed by atoms with E-state index in [2.05, 4.69) is 100 Å². The minimum absolute atomic E-state index is 0.000260. The van der Waals surface area contributed by atoms with Gasteiger partial charge in [0.05, 0.1) is 39.3 Å². The molecule has 0 aliphatic heterocycles. The van der Waals surface area contributed by atoms with Gasteiger partial charge in [-0.1, -0.05) is 83.1 Å². The van der Waals surface area contributed by atoms with Crippen LogP contribution in [0.5, 0.6) is 0 Å². The number of amides is 2. The number of hydrazone groups is 1. The number of hydrogen-bond donors (Lipinski definition) is 3. The Labute approximate surface area is 331 Å². The van der Waals surface area contributed by atoms with Gasteiger partial charge in [0.1, 0.15) is 0 Å². The third kappa shape index (κ3) is 31.4. The fourth-order valence-corrected chi connectivity index (χ4v) is 5.95. The maximum absolute atomic E-state index is 12.0. The van der Waals surface area contributed by atoms with E-state index in [4.69, 9.17) is 24.8 Å². The van der Waals surface area contributed by atoms with Crippen LogP contribution in [-0.4, -0.2) is 68.8 Å². The van der Waals surface area contributed by atoms with Gasteiger partial charge < -0.3 is 18.9 Å². The topological polar surface area (TPSA) is 202 Å². The highest BCUT2D eigenvalue weighted by molar-refractivity contribution is 5.81. The fourth-order valence-electron chi connectivity index (χ4n) is 5.95. The van der Waals surface area contributed by atoms with Crippen molar-refractivity contribution in [1.82, 2.24) is 10.9 Å². The van der Waals surface area contributed by atoms with Crippen molar-refractivity contribution in [2.75, 3.05) is 26.4 Å². The quantitative estimate of drug-likeness (QED) is 0.0280. The molecule has 0 fully saturated rings. The smallest absolute Gasteiger partial charge is 0.306 e. The summed E-state index contributed by atoms with van der Waals surface area (Å²) < 4.78 is 21.4. The van der Waals surface area contributed by atoms with Gasteiger partial charge in [-0.2, -0.15) is 5.10 Å². The third-order valence-electron chi connectivity index (χ3n) is 8.90. The molecule has 0 aliphatic rings. The second kappa shape index (κ2) is 25.6. The first-order chi connectivity index (χ1) is 25.0. The average Bonchev–Trinajstić information content (AvgIpc) is 3.01. The molecule has 0 aliphatic carbocycles. The van der Waals surface area contributed by atoms with Crippen LogP contribution < -0.4 is 16.7 Å². The number of carbonyl (C=O) groups excluding carboxylic acids is 6. The zero-order valence-electron chi connectivity index (χ0n) is 36.6. The Bertz CT molecular complexity index is 1210. The second-order valence-corrected chi connectivity index (χ2v) is 19.1. The monoisotopic (exact) mass is 785 g/mol. The summed E-state index contributed by atoms with van der Waals surface area (Å²) in [4.78, 5) is 68.9. The molecule has 0 bridgehead atoms. The summed E-state index contributed by atoms with van der Waals surface area (Å²) >= 11 is 0. The standard InChI is InChI=1S/C21H38N2O5.C20H38N2O5/c1-15(24)27-14-17(21(5,6)7)11-16(12-20(2,3)4)13-28-19(26)10-9-18(25)23-22-8;1-14(23)26-13-16(20(5,6)7)10-15(11-19(2,3)4)12-27-18(25)9-8-17(24)22-21/h16-17H,8-14H2,1-7H3,(H,23,25);15-16H,8-13,21H2,1-7H3,(H,22,24). The summed E-state index contributed by atoms with van der Waals surface area (Å²) in [7, 11) is 0. The summed E-state index contributed by atoms with van der Waals surface area (Å²) in [6, 6.07) is 0. The van der Waals surface area contributed by atoms with Gasteiger partial charge in [0.25, 0.3) is 0 Å². The molecule has 0 saturated carbocycles. The summed E-state index contributed by atoms with van der Waals surface area (Å²) in [6.07, 6.45) is 3.33. The molecule has 0 heterocycles. The number of nitrogens with zero attached hydrogens (tertiary/aromatic N) is 1. The van der Waals surface area contributed by atoms with Gasteiger partial charge in [-0.15, -0.1) is 0 Å². The molecule has 4 unspecified atom stereocenters. The van der Waals surface area contributed by atoms with E-state index in [0.717, 1.165) is 25.7 Å². The van der Waals surface area contributed by atoms with Gasteiger partial charge >= 0.3 is 23.9 Å². The molecule has 4 N–H and O–H groups in total. The average molecular weight is 785 g/mol. The number of esters is 4. The highest BCUT2D eigenvalue weighted by Crippen LogP contribution is 2.37. The Kier molecular flexibility index (Phi) is 24.9. The Morgan fingerprint density at radius 3 is 1.18 bits per heavy atom. The van der Waals surface area contributed by atoms with Crippen LogP contribution in [0.1, 0.15) is 148 Å². The normalized spacial score (nSPS) is 14.1. The Hall–Kier alpha value is -3.55. The molecule has 14 nitrogen and oxygen atoms in total. The predicted octanol–water partition coefficient (Wildman–Crippen LogP) is 6.68. The lowest BCUT2D eigenvalue weighted by atomic mass is 9.73. The van der Waals surface area contributed by atoms with Crippen molar-refractivity contribution in [2.24, 2.45) is 56.3 Å². The predicted molar refractivity (Wildman–Crippen MR) is 214 cm³/mol. The van der Waals surface area contributed by atoms with Crippen LogP contribution in [0.2, 0.25) is 0 Å². The zero-order chi connectivity index (χ0) is 43.2. The van der Waals surface area contributed by atoms with Gasteiger partial charge in [-0.25, -0.2) is 11.3 Å². The fraction of sp³-hybridized carbons (Fsp3) is 0.829. The Morgan fingerprint density at radius 2 is 0.909 bits per heavy atom. The lowest BCUT2D eigenvalue weighted by Gasteiger charge is -2.35. The number of carbonyl (C=O) groups is 6. The number of hydrogen-bond acceptors (Lipinski definition) is 12. The van der Waals surface area contributed by atoms with Crippen molar-refractivity contribution < 1.29 is 47.7 Å². The highest BCUT2D eigenvalue weighted by atomic mass is 16.5. The van der Waals surface area contributed by atoms with E-state index in [1.54, 1.807) is 0 Å². The molecule has 14 heteroatoms. The van der Waals surface area contributed by atoms with Gasteiger partial charge in [0, 0.05) is 33.4 Å². The second-order valence-electron chi connectivity index (χ2n) is 19.1. The van der Waals surface area contributed by atoms with Crippen LogP contribution in [0.4, 0.5) is 0 Å². The Morgan fingerprint density at radius 1 is 0.564 bits per heavy atom. The molecule has 0 radical (unpaired) electrons. The van der Waals surface area contributed by atoms with Crippen molar-refractivity contribution in [3.05, 3.63) is 0 Å². The van der Waals surface area contributed by atoms with Gasteiger partial charge in [-0.3, -0.25) is 34.2 Å². The number of nitrogens with two attached hydrogens (primary N) is 1. The maximum atomic E-state index is 12.0. The van der Waals surface area contributed by atoms with E-state index in [1.165, 1.54) is 13.8 Å². The zero-order valence-corrected chi connectivity index (χ0v) is 36.6. The van der Waals surface area contributed by atoms with Crippen molar-refractivity contribution in [3.63, 3.8) is 0 Å².